The van der Waals surface area contributed by atoms with Crippen molar-refractivity contribution in [3.05, 3.63) is 118 Å². The van der Waals surface area contributed by atoms with Crippen molar-refractivity contribution in [1.82, 2.24) is 15.3 Å². The number of benzene rings is 3. The lowest BCUT2D eigenvalue weighted by atomic mass is 9.90. The van der Waals surface area contributed by atoms with Gasteiger partial charge in [0.15, 0.2) is 5.16 Å². The number of nitrogens with one attached hydrogen (secondary N) is 1. The van der Waals surface area contributed by atoms with Gasteiger partial charge in [0, 0.05) is 37.0 Å². The van der Waals surface area contributed by atoms with Gasteiger partial charge in [-0.15, -0.1) is 0 Å². The van der Waals surface area contributed by atoms with Crippen LogP contribution in [0.2, 0.25) is 5.15 Å². The Morgan fingerprint density at radius 3 is 2.33 bits per heavy atom. The van der Waals surface area contributed by atoms with Gasteiger partial charge in [0.05, 0.1) is 0 Å². The van der Waals surface area contributed by atoms with Crippen molar-refractivity contribution < 1.29 is 9.18 Å². The van der Waals surface area contributed by atoms with E-state index in [2.05, 4.69) is 45.5 Å². The number of aromatic nitrogens is 2. The summed E-state index contributed by atoms with van der Waals surface area (Å²) in [5.74, 6) is 1.76. The summed E-state index contributed by atoms with van der Waals surface area (Å²) in [6, 6.07) is 26.1. The number of hydrogen-bond donors (Lipinski definition) is 1. The van der Waals surface area contributed by atoms with Gasteiger partial charge >= 0.3 is 0 Å². The van der Waals surface area contributed by atoms with Gasteiger partial charge in [0.25, 0.3) is 5.91 Å². The van der Waals surface area contributed by atoms with Crippen LogP contribution in [0.4, 0.5) is 10.2 Å². The van der Waals surface area contributed by atoms with Crippen molar-refractivity contribution in [3.8, 4) is 0 Å². The molecule has 1 N–H and O–H groups in total. The SMILES string of the molecule is O=C(NCc1ccc(F)cc1)c1ccc(CSc2nc(Cl)cc(N3CCC(Cc4ccccc4)CC3)n2)cc1. The van der Waals surface area contributed by atoms with E-state index in [0.717, 1.165) is 49.3 Å². The van der Waals surface area contributed by atoms with Crippen LogP contribution in [0.25, 0.3) is 0 Å². The van der Waals surface area contributed by atoms with Crippen molar-refractivity contribution in [1.29, 1.82) is 0 Å². The molecule has 39 heavy (non-hydrogen) atoms. The van der Waals surface area contributed by atoms with Gasteiger partial charge < -0.3 is 10.2 Å². The van der Waals surface area contributed by atoms with Crippen LogP contribution in [0, 0.1) is 11.7 Å². The van der Waals surface area contributed by atoms with Gasteiger partial charge in [0.1, 0.15) is 16.8 Å². The number of anilines is 1. The largest absolute Gasteiger partial charge is 0.356 e. The second-order valence-corrected chi connectivity index (χ2v) is 11.1. The fourth-order valence-electron chi connectivity index (χ4n) is 4.71. The summed E-state index contributed by atoms with van der Waals surface area (Å²) < 4.78 is 13.1. The zero-order valence-electron chi connectivity index (χ0n) is 21.5. The molecule has 1 aliphatic heterocycles. The number of rotatable bonds is 9. The Morgan fingerprint density at radius 1 is 0.923 bits per heavy atom. The van der Waals surface area contributed by atoms with E-state index >= 15 is 0 Å². The first-order chi connectivity index (χ1) is 19.0. The van der Waals surface area contributed by atoms with E-state index in [1.54, 1.807) is 24.3 Å². The van der Waals surface area contributed by atoms with E-state index in [-0.39, 0.29) is 11.7 Å². The zero-order chi connectivity index (χ0) is 27.0. The summed E-state index contributed by atoms with van der Waals surface area (Å²) in [5.41, 5.74) is 3.87. The number of thioether (sulfide) groups is 1. The molecule has 2 heterocycles. The Labute approximate surface area is 237 Å². The maximum atomic E-state index is 13.1. The van der Waals surface area contributed by atoms with Gasteiger partial charge in [-0.2, -0.15) is 0 Å². The summed E-state index contributed by atoms with van der Waals surface area (Å²) in [5, 5.41) is 3.95. The summed E-state index contributed by atoms with van der Waals surface area (Å²) >= 11 is 7.90. The topological polar surface area (TPSA) is 58.1 Å². The fraction of sp³-hybridized carbons (Fsp3) is 0.258. The monoisotopic (exact) mass is 560 g/mol. The van der Waals surface area contributed by atoms with Crippen molar-refractivity contribution >= 4 is 35.1 Å². The Bertz CT molecular complexity index is 1380. The van der Waals surface area contributed by atoms with Crippen LogP contribution in [0.1, 0.15) is 39.9 Å². The average Bonchev–Trinajstić information content (AvgIpc) is 2.96. The maximum Gasteiger partial charge on any atom is 0.251 e. The lowest BCUT2D eigenvalue weighted by molar-refractivity contribution is 0.0951. The van der Waals surface area contributed by atoms with Crippen LogP contribution < -0.4 is 10.2 Å². The number of carbonyl (C=O) groups is 1. The summed E-state index contributed by atoms with van der Waals surface area (Å²) in [4.78, 5) is 24.0. The minimum atomic E-state index is -0.294. The van der Waals surface area contributed by atoms with Gasteiger partial charge in [-0.05, 0) is 66.1 Å². The zero-order valence-corrected chi connectivity index (χ0v) is 23.1. The smallest absolute Gasteiger partial charge is 0.251 e. The molecule has 200 valence electrons. The summed E-state index contributed by atoms with van der Waals surface area (Å²) in [6.07, 6.45) is 3.38. The van der Waals surface area contributed by atoms with Gasteiger partial charge in [0.2, 0.25) is 0 Å². The maximum absolute atomic E-state index is 13.1. The molecule has 0 aliphatic carbocycles. The lowest BCUT2D eigenvalue weighted by Gasteiger charge is -2.33. The van der Waals surface area contributed by atoms with Crippen molar-refractivity contribution in [2.75, 3.05) is 18.0 Å². The third-order valence-corrected chi connectivity index (χ3v) is 8.03. The molecule has 0 unspecified atom stereocenters. The minimum Gasteiger partial charge on any atom is -0.356 e. The predicted octanol–water partition coefficient (Wildman–Crippen LogP) is 6.95. The lowest BCUT2D eigenvalue weighted by Crippen LogP contribution is -2.35. The van der Waals surface area contributed by atoms with Crippen molar-refractivity contribution in [2.24, 2.45) is 5.92 Å². The Morgan fingerprint density at radius 2 is 1.62 bits per heavy atom. The first-order valence-electron chi connectivity index (χ1n) is 13.1. The molecule has 3 aromatic carbocycles. The van der Waals surface area contributed by atoms with Crippen LogP contribution >= 0.6 is 23.4 Å². The molecule has 0 radical (unpaired) electrons. The molecule has 1 saturated heterocycles. The molecule has 5 rings (SSSR count). The van der Waals surface area contributed by atoms with E-state index in [1.165, 1.54) is 29.5 Å². The van der Waals surface area contributed by atoms with Gasteiger partial charge in [-0.1, -0.05) is 78.0 Å². The van der Waals surface area contributed by atoms with Crippen molar-refractivity contribution in [3.63, 3.8) is 0 Å². The highest BCUT2D eigenvalue weighted by atomic mass is 35.5. The van der Waals surface area contributed by atoms with E-state index < -0.39 is 0 Å². The van der Waals surface area contributed by atoms with E-state index in [4.69, 9.17) is 16.6 Å². The van der Waals surface area contributed by atoms with E-state index in [0.29, 0.717) is 34.1 Å². The molecule has 1 fully saturated rings. The molecular formula is C31H30ClFN4OS. The highest BCUT2D eigenvalue weighted by Crippen LogP contribution is 2.28. The predicted molar refractivity (Wildman–Crippen MR) is 156 cm³/mol. The molecule has 1 amide bonds. The van der Waals surface area contributed by atoms with E-state index in [9.17, 15) is 9.18 Å². The van der Waals surface area contributed by atoms with Crippen LogP contribution in [-0.2, 0) is 18.7 Å². The number of hydrogen-bond acceptors (Lipinski definition) is 5. The number of piperidine rings is 1. The number of halogens is 2. The summed E-state index contributed by atoms with van der Waals surface area (Å²) in [6.45, 7) is 2.26. The second-order valence-electron chi connectivity index (χ2n) is 9.75. The van der Waals surface area contributed by atoms with Crippen LogP contribution in [-0.4, -0.2) is 29.0 Å². The quantitative estimate of drug-likeness (QED) is 0.136. The average molecular weight is 561 g/mol. The first-order valence-corrected chi connectivity index (χ1v) is 14.5. The van der Waals surface area contributed by atoms with Crippen LogP contribution in [0.5, 0.6) is 0 Å². The molecule has 4 aromatic rings. The molecule has 1 aromatic heterocycles. The highest BCUT2D eigenvalue weighted by Gasteiger charge is 2.21. The van der Waals surface area contributed by atoms with Crippen molar-refractivity contribution in [2.45, 2.75) is 36.7 Å². The molecular weight excluding hydrogens is 531 g/mol. The van der Waals surface area contributed by atoms with E-state index in [1.807, 2.05) is 18.2 Å². The van der Waals surface area contributed by atoms with Crippen LogP contribution in [0.15, 0.2) is 90.1 Å². The fourth-order valence-corrected chi connectivity index (χ4v) is 5.75. The second kappa shape index (κ2) is 13.1. The Balaban J connectivity index is 1.12. The van der Waals surface area contributed by atoms with Gasteiger partial charge in [-0.25, -0.2) is 14.4 Å². The normalized spacial score (nSPS) is 13.8. The highest BCUT2D eigenvalue weighted by molar-refractivity contribution is 7.98. The molecule has 8 heteroatoms. The molecule has 0 saturated carbocycles. The summed E-state index contributed by atoms with van der Waals surface area (Å²) in [7, 11) is 0. The number of nitrogens with zero attached hydrogens (tertiary/aromatic N) is 3. The van der Waals surface area contributed by atoms with Gasteiger partial charge in [-0.3, -0.25) is 4.79 Å². The molecule has 1 aliphatic rings. The molecule has 0 atom stereocenters. The third-order valence-electron chi connectivity index (χ3n) is 6.92. The standard InChI is InChI=1S/C31H30ClFN4OS/c32-28-19-29(37-16-14-23(15-17-37)18-22-4-2-1-3-5-22)36-31(35-28)39-21-25-6-10-26(11-7-25)30(38)34-20-24-8-12-27(33)13-9-24/h1-13,19,23H,14-18,20-21H2,(H,34,38). The number of amides is 1. The Hall–Kier alpha value is -3.42. The molecule has 0 bridgehead atoms. The Kier molecular flexibility index (Phi) is 9.12. The number of carbonyl (C=O) groups excluding carboxylic acids is 1. The van der Waals surface area contributed by atoms with Crippen LogP contribution in [0.3, 0.4) is 0 Å². The molecule has 0 spiro atoms. The minimum absolute atomic E-state index is 0.172. The third kappa shape index (κ3) is 7.80. The first kappa shape index (κ1) is 27.2. The molecule has 5 nitrogen and oxygen atoms in total.